The Morgan fingerprint density at radius 2 is 2.27 bits per heavy atom. The minimum atomic E-state index is -0.293. The summed E-state index contributed by atoms with van der Waals surface area (Å²) in [7, 11) is 1.57. The molecule has 0 fully saturated rings. The Morgan fingerprint density at radius 1 is 1.64 bits per heavy atom. The van der Waals surface area contributed by atoms with Crippen molar-refractivity contribution in [3.8, 4) is 0 Å². The number of allylic oxidation sites excluding steroid dienone is 1. The van der Waals surface area contributed by atoms with Gasteiger partial charge < -0.3 is 4.74 Å². The van der Waals surface area contributed by atoms with Crippen molar-refractivity contribution in [3.05, 3.63) is 11.6 Å². The molecule has 0 amide bonds. The highest BCUT2D eigenvalue weighted by molar-refractivity contribution is 5.88. The van der Waals surface area contributed by atoms with Gasteiger partial charge in [0, 0.05) is 13.0 Å². The van der Waals surface area contributed by atoms with E-state index in [0.717, 1.165) is 6.42 Å². The molecular formula is C9H14O2. The first-order valence-electron chi connectivity index (χ1n) is 3.89. The van der Waals surface area contributed by atoms with Gasteiger partial charge in [-0.1, -0.05) is 12.5 Å². The van der Waals surface area contributed by atoms with Crippen molar-refractivity contribution in [1.82, 2.24) is 0 Å². The Hall–Kier alpha value is -0.630. The van der Waals surface area contributed by atoms with Crippen LogP contribution >= 0.6 is 0 Å². The summed E-state index contributed by atoms with van der Waals surface area (Å²) in [5, 5.41) is 0. The normalized spacial score (nSPS) is 31.9. The number of carbonyl (C=O) groups is 1. The molecule has 0 aromatic rings. The molecule has 2 atom stereocenters. The molecule has 2 heteroatoms. The van der Waals surface area contributed by atoms with Crippen LogP contribution in [-0.4, -0.2) is 19.0 Å². The predicted molar refractivity (Wildman–Crippen MR) is 43.3 cm³/mol. The number of rotatable bonds is 1. The highest BCUT2D eigenvalue weighted by atomic mass is 16.5. The zero-order valence-corrected chi connectivity index (χ0v) is 7.26. The smallest absolute Gasteiger partial charge is 0.168 e. The molecule has 0 saturated heterocycles. The van der Waals surface area contributed by atoms with Gasteiger partial charge in [0.15, 0.2) is 5.78 Å². The Morgan fingerprint density at radius 3 is 2.82 bits per heavy atom. The molecule has 0 radical (unpaired) electrons. The lowest BCUT2D eigenvalue weighted by molar-refractivity contribution is -0.130. The molecule has 1 rings (SSSR count). The van der Waals surface area contributed by atoms with Crippen molar-refractivity contribution in [3.63, 3.8) is 0 Å². The molecule has 0 spiro atoms. The number of carbonyl (C=O) groups excluding carboxylic acids is 1. The van der Waals surface area contributed by atoms with Gasteiger partial charge >= 0.3 is 0 Å². The van der Waals surface area contributed by atoms with E-state index in [2.05, 4.69) is 0 Å². The zero-order valence-electron chi connectivity index (χ0n) is 7.26. The predicted octanol–water partition coefficient (Wildman–Crippen LogP) is 1.56. The molecule has 0 N–H and O–H groups in total. The van der Waals surface area contributed by atoms with Crippen LogP contribution < -0.4 is 0 Å². The number of ether oxygens (including phenoxy) is 1. The Labute approximate surface area is 67.2 Å². The fourth-order valence-corrected chi connectivity index (χ4v) is 1.46. The maximum absolute atomic E-state index is 11.3. The molecule has 1 aliphatic rings. The quantitative estimate of drug-likeness (QED) is 0.536. The first-order chi connectivity index (χ1) is 5.15. The molecule has 62 valence electrons. The standard InChI is InChI=1S/C9H14O2/c1-6-4-7(2)9(10)8(5-6)11-3/h5,7-8H,4H2,1-3H3/t7-,8?/m1/s1. The Balaban J connectivity index is 2.78. The minimum Gasteiger partial charge on any atom is -0.370 e. The van der Waals surface area contributed by atoms with Crippen LogP contribution in [0, 0.1) is 5.92 Å². The van der Waals surface area contributed by atoms with Crippen LogP contribution in [0.5, 0.6) is 0 Å². The van der Waals surface area contributed by atoms with E-state index in [4.69, 9.17) is 4.74 Å². The second-order valence-corrected chi connectivity index (χ2v) is 3.18. The van der Waals surface area contributed by atoms with Crippen LogP contribution in [0.4, 0.5) is 0 Å². The topological polar surface area (TPSA) is 26.3 Å². The zero-order chi connectivity index (χ0) is 8.43. The van der Waals surface area contributed by atoms with Crippen LogP contribution in [0.3, 0.4) is 0 Å². The summed E-state index contributed by atoms with van der Waals surface area (Å²) < 4.78 is 5.02. The van der Waals surface area contributed by atoms with Gasteiger partial charge in [-0.15, -0.1) is 0 Å². The minimum absolute atomic E-state index is 0.130. The molecular weight excluding hydrogens is 140 g/mol. The molecule has 1 unspecified atom stereocenters. The molecule has 0 aliphatic heterocycles. The van der Waals surface area contributed by atoms with Crippen LogP contribution in [-0.2, 0) is 9.53 Å². The Kier molecular flexibility index (Phi) is 2.45. The second kappa shape index (κ2) is 3.18. The van der Waals surface area contributed by atoms with E-state index in [-0.39, 0.29) is 17.8 Å². The van der Waals surface area contributed by atoms with Crippen LogP contribution in [0.2, 0.25) is 0 Å². The van der Waals surface area contributed by atoms with E-state index in [9.17, 15) is 4.79 Å². The highest BCUT2D eigenvalue weighted by Crippen LogP contribution is 2.21. The second-order valence-electron chi connectivity index (χ2n) is 3.18. The van der Waals surface area contributed by atoms with Gasteiger partial charge in [0.05, 0.1) is 0 Å². The number of methoxy groups -OCH3 is 1. The summed E-state index contributed by atoms with van der Waals surface area (Å²) in [6.07, 6.45) is 2.50. The number of hydrogen-bond donors (Lipinski definition) is 0. The van der Waals surface area contributed by atoms with Crippen LogP contribution in [0.15, 0.2) is 11.6 Å². The van der Waals surface area contributed by atoms with Crippen molar-refractivity contribution in [2.45, 2.75) is 26.4 Å². The van der Waals surface area contributed by atoms with Crippen molar-refractivity contribution in [1.29, 1.82) is 0 Å². The molecule has 0 saturated carbocycles. The van der Waals surface area contributed by atoms with Gasteiger partial charge in [-0.3, -0.25) is 4.79 Å². The maximum Gasteiger partial charge on any atom is 0.168 e. The number of ketones is 1. The van der Waals surface area contributed by atoms with E-state index in [0.29, 0.717) is 0 Å². The fraction of sp³-hybridized carbons (Fsp3) is 0.667. The summed E-state index contributed by atoms with van der Waals surface area (Å²) in [4.78, 5) is 11.3. The van der Waals surface area contributed by atoms with Crippen molar-refractivity contribution < 1.29 is 9.53 Å². The molecule has 1 aliphatic carbocycles. The molecule has 0 bridgehead atoms. The first-order valence-corrected chi connectivity index (χ1v) is 3.89. The van der Waals surface area contributed by atoms with Gasteiger partial charge in [-0.25, -0.2) is 0 Å². The maximum atomic E-state index is 11.3. The van der Waals surface area contributed by atoms with Crippen molar-refractivity contribution in [2.24, 2.45) is 5.92 Å². The van der Waals surface area contributed by atoms with Gasteiger partial charge in [0.1, 0.15) is 6.10 Å². The summed E-state index contributed by atoms with van der Waals surface area (Å²) >= 11 is 0. The van der Waals surface area contributed by atoms with Gasteiger partial charge in [0.2, 0.25) is 0 Å². The Bertz CT molecular complexity index is 194. The van der Waals surface area contributed by atoms with Crippen LogP contribution in [0.25, 0.3) is 0 Å². The average molecular weight is 154 g/mol. The van der Waals surface area contributed by atoms with Crippen LogP contribution in [0.1, 0.15) is 20.3 Å². The molecule has 0 aromatic heterocycles. The lowest BCUT2D eigenvalue weighted by atomic mass is 9.88. The molecule has 0 aromatic carbocycles. The molecule has 11 heavy (non-hydrogen) atoms. The molecule has 2 nitrogen and oxygen atoms in total. The highest BCUT2D eigenvalue weighted by Gasteiger charge is 2.26. The van der Waals surface area contributed by atoms with E-state index < -0.39 is 0 Å². The van der Waals surface area contributed by atoms with E-state index in [1.54, 1.807) is 7.11 Å². The number of Topliss-reactive ketones (excluding diaryl/α,β-unsaturated/α-hetero) is 1. The summed E-state index contributed by atoms with van der Waals surface area (Å²) in [5.41, 5.74) is 1.25. The molecule has 0 heterocycles. The third kappa shape index (κ3) is 1.69. The summed E-state index contributed by atoms with van der Waals surface area (Å²) in [5.74, 6) is 0.336. The van der Waals surface area contributed by atoms with E-state index >= 15 is 0 Å². The van der Waals surface area contributed by atoms with Crippen molar-refractivity contribution >= 4 is 5.78 Å². The first kappa shape index (κ1) is 8.47. The lowest BCUT2D eigenvalue weighted by Crippen LogP contribution is -2.30. The van der Waals surface area contributed by atoms with E-state index in [1.807, 2.05) is 19.9 Å². The average Bonchev–Trinajstić information content (AvgIpc) is 1.96. The fourth-order valence-electron chi connectivity index (χ4n) is 1.46. The van der Waals surface area contributed by atoms with Crippen molar-refractivity contribution in [2.75, 3.05) is 7.11 Å². The third-order valence-corrected chi connectivity index (χ3v) is 2.08. The van der Waals surface area contributed by atoms with Gasteiger partial charge in [0.25, 0.3) is 0 Å². The SMILES string of the molecule is COC1C=C(C)C[C@@H](C)C1=O. The number of hydrogen-bond acceptors (Lipinski definition) is 2. The summed E-state index contributed by atoms with van der Waals surface area (Å²) in [6, 6.07) is 0. The summed E-state index contributed by atoms with van der Waals surface area (Å²) in [6.45, 7) is 3.99. The monoisotopic (exact) mass is 154 g/mol. The largest absolute Gasteiger partial charge is 0.370 e. The van der Waals surface area contributed by atoms with Gasteiger partial charge in [-0.2, -0.15) is 0 Å². The third-order valence-electron chi connectivity index (χ3n) is 2.08. The van der Waals surface area contributed by atoms with E-state index in [1.165, 1.54) is 5.57 Å². The lowest BCUT2D eigenvalue weighted by Gasteiger charge is -2.22. The van der Waals surface area contributed by atoms with Gasteiger partial charge in [-0.05, 0) is 19.4 Å².